The number of nitrogens with one attached hydrogen (secondary N) is 1. The van der Waals surface area contributed by atoms with Gasteiger partial charge in [-0.1, -0.05) is 11.6 Å². The van der Waals surface area contributed by atoms with Crippen LogP contribution in [-0.2, 0) is 6.18 Å². The highest BCUT2D eigenvalue weighted by atomic mass is 35.5. The summed E-state index contributed by atoms with van der Waals surface area (Å²) in [5, 5.41) is 3.27. The molecule has 20 heavy (non-hydrogen) atoms. The first-order chi connectivity index (χ1) is 9.43. The van der Waals surface area contributed by atoms with Gasteiger partial charge in [0.15, 0.2) is 0 Å². The van der Waals surface area contributed by atoms with E-state index in [1.165, 1.54) is 6.42 Å². The van der Waals surface area contributed by atoms with E-state index in [1.807, 2.05) is 0 Å². The molecular formula is C13H14ClF3N2O. The maximum absolute atomic E-state index is 12.5. The molecule has 0 amide bonds. The molecule has 2 bridgehead atoms. The van der Waals surface area contributed by atoms with Gasteiger partial charge in [0.2, 0.25) is 5.88 Å². The molecule has 0 spiro atoms. The van der Waals surface area contributed by atoms with E-state index >= 15 is 0 Å². The number of halogens is 4. The Balaban J connectivity index is 1.75. The predicted molar refractivity (Wildman–Crippen MR) is 67.8 cm³/mol. The standard InChI is InChI=1S/C13H14ClF3N2O/c14-9-4-8(13(15,16)17)6-19-12(9)20-11-3-7-1-2-10(11)18-5-7/h4,6-7,10-11,18H,1-3,5H2/t7-,10+,11+/m1/s1. The van der Waals surface area contributed by atoms with Gasteiger partial charge in [-0.3, -0.25) is 0 Å². The normalized spacial score (nSPS) is 29.5. The molecule has 7 heteroatoms. The Morgan fingerprint density at radius 3 is 2.65 bits per heavy atom. The zero-order chi connectivity index (χ0) is 14.3. The third-order valence-electron chi connectivity index (χ3n) is 3.97. The van der Waals surface area contributed by atoms with Gasteiger partial charge < -0.3 is 10.1 Å². The number of nitrogens with zero attached hydrogens (tertiary/aromatic N) is 1. The highest BCUT2D eigenvalue weighted by Gasteiger charge is 2.37. The number of fused-ring (bicyclic) bond motifs is 3. The van der Waals surface area contributed by atoms with Crippen molar-refractivity contribution in [3.8, 4) is 5.88 Å². The molecule has 0 radical (unpaired) electrons. The maximum Gasteiger partial charge on any atom is 0.417 e. The molecule has 110 valence electrons. The van der Waals surface area contributed by atoms with E-state index in [-0.39, 0.29) is 23.0 Å². The number of hydrogen-bond donors (Lipinski definition) is 1. The van der Waals surface area contributed by atoms with Gasteiger partial charge in [-0.2, -0.15) is 13.2 Å². The molecule has 0 aromatic carbocycles. The van der Waals surface area contributed by atoms with Crippen LogP contribution in [0.2, 0.25) is 5.02 Å². The lowest BCUT2D eigenvalue weighted by Crippen LogP contribution is -2.55. The van der Waals surface area contributed by atoms with Crippen LogP contribution in [0.15, 0.2) is 12.3 Å². The summed E-state index contributed by atoms with van der Waals surface area (Å²) in [4.78, 5) is 3.72. The number of pyridine rings is 1. The van der Waals surface area contributed by atoms with Crippen molar-refractivity contribution in [3.05, 3.63) is 22.8 Å². The van der Waals surface area contributed by atoms with Gasteiger partial charge in [-0.15, -0.1) is 0 Å². The Morgan fingerprint density at radius 1 is 1.35 bits per heavy atom. The molecule has 3 nitrogen and oxygen atoms in total. The van der Waals surface area contributed by atoms with Crippen LogP contribution >= 0.6 is 11.6 Å². The van der Waals surface area contributed by atoms with E-state index in [9.17, 15) is 13.2 Å². The summed E-state index contributed by atoms with van der Waals surface area (Å²) < 4.78 is 43.3. The van der Waals surface area contributed by atoms with Gasteiger partial charge in [0.25, 0.3) is 0 Å². The molecular weight excluding hydrogens is 293 g/mol. The quantitative estimate of drug-likeness (QED) is 0.910. The lowest BCUT2D eigenvalue weighted by Gasteiger charge is -2.42. The van der Waals surface area contributed by atoms with Crippen LogP contribution < -0.4 is 10.1 Å². The minimum Gasteiger partial charge on any atom is -0.472 e. The van der Waals surface area contributed by atoms with E-state index in [1.54, 1.807) is 0 Å². The van der Waals surface area contributed by atoms with Gasteiger partial charge in [0.05, 0.1) is 5.56 Å². The largest absolute Gasteiger partial charge is 0.472 e. The average molecular weight is 307 g/mol. The number of piperidine rings is 2. The summed E-state index contributed by atoms with van der Waals surface area (Å²) in [6.07, 6.45) is -0.656. The summed E-state index contributed by atoms with van der Waals surface area (Å²) in [5.41, 5.74) is -0.863. The van der Waals surface area contributed by atoms with Crippen molar-refractivity contribution in [1.29, 1.82) is 0 Å². The number of hydrogen-bond acceptors (Lipinski definition) is 3. The van der Waals surface area contributed by atoms with Crippen molar-refractivity contribution < 1.29 is 17.9 Å². The van der Waals surface area contributed by atoms with Crippen LogP contribution in [0.5, 0.6) is 5.88 Å². The van der Waals surface area contributed by atoms with Crippen molar-refractivity contribution in [1.82, 2.24) is 10.3 Å². The topological polar surface area (TPSA) is 34.1 Å². The van der Waals surface area contributed by atoms with E-state index in [4.69, 9.17) is 16.3 Å². The van der Waals surface area contributed by atoms with Crippen molar-refractivity contribution in [2.24, 2.45) is 5.92 Å². The molecule has 1 aromatic heterocycles. The van der Waals surface area contributed by atoms with Crippen LogP contribution in [0.3, 0.4) is 0 Å². The van der Waals surface area contributed by atoms with Gasteiger partial charge in [-0.25, -0.2) is 4.98 Å². The molecule has 1 aliphatic carbocycles. The van der Waals surface area contributed by atoms with Crippen LogP contribution in [0.1, 0.15) is 24.8 Å². The number of ether oxygens (including phenoxy) is 1. The van der Waals surface area contributed by atoms with Crippen molar-refractivity contribution in [3.63, 3.8) is 0 Å². The Bertz CT molecular complexity index is 501. The average Bonchev–Trinajstić information content (AvgIpc) is 2.41. The first kappa shape index (κ1) is 13.9. The fourth-order valence-corrected chi connectivity index (χ4v) is 3.10. The Kier molecular flexibility index (Phi) is 3.54. The zero-order valence-corrected chi connectivity index (χ0v) is 11.3. The molecule has 3 aliphatic rings. The minimum atomic E-state index is -4.44. The second-order valence-corrected chi connectivity index (χ2v) is 5.77. The van der Waals surface area contributed by atoms with Crippen molar-refractivity contribution in [2.45, 2.75) is 37.6 Å². The summed E-state index contributed by atoms with van der Waals surface area (Å²) in [6, 6.07) is 1.10. The summed E-state index contributed by atoms with van der Waals surface area (Å²) in [7, 11) is 0. The molecule has 4 rings (SSSR count). The molecule has 2 saturated heterocycles. The fourth-order valence-electron chi connectivity index (χ4n) is 2.89. The molecule has 1 N–H and O–H groups in total. The van der Waals surface area contributed by atoms with E-state index < -0.39 is 11.7 Å². The van der Waals surface area contributed by atoms with E-state index in [2.05, 4.69) is 10.3 Å². The highest BCUT2D eigenvalue weighted by Crippen LogP contribution is 2.36. The second-order valence-electron chi connectivity index (χ2n) is 5.36. The summed E-state index contributed by atoms with van der Waals surface area (Å²) >= 11 is 5.85. The van der Waals surface area contributed by atoms with Crippen LogP contribution in [-0.4, -0.2) is 23.7 Å². The van der Waals surface area contributed by atoms with Gasteiger partial charge in [0, 0.05) is 12.2 Å². The lowest BCUT2D eigenvalue weighted by atomic mass is 9.79. The summed E-state index contributed by atoms with van der Waals surface area (Å²) in [6.45, 7) is 0.985. The molecule has 3 heterocycles. The zero-order valence-electron chi connectivity index (χ0n) is 10.6. The van der Waals surface area contributed by atoms with E-state index in [0.29, 0.717) is 5.92 Å². The third-order valence-corrected chi connectivity index (χ3v) is 4.24. The summed E-state index contributed by atoms with van der Waals surface area (Å²) in [5.74, 6) is 0.650. The maximum atomic E-state index is 12.5. The van der Waals surface area contributed by atoms with Crippen LogP contribution in [0.4, 0.5) is 13.2 Å². The second kappa shape index (κ2) is 5.07. The predicted octanol–water partition coefficient (Wildman–Crippen LogP) is 3.27. The Morgan fingerprint density at radius 2 is 2.15 bits per heavy atom. The molecule has 3 atom stereocenters. The Hall–Kier alpha value is -1.01. The SMILES string of the molecule is FC(F)(F)c1cnc(O[C@H]2C[C@H]3CC[C@@H]2NC3)c(Cl)c1. The van der Waals surface area contributed by atoms with Crippen LogP contribution in [0.25, 0.3) is 0 Å². The lowest BCUT2D eigenvalue weighted by molar-refractivity contribution is -0.137. The van der Waals surface area contributed by atoms with Gasteiger partial charge >= 0.3 is 6.18 Å². The number of alkyl halides is 3. The Labute approximate surface area is 119 Å². The van der Waals surface area contributed by atoms with E-state index in [0.717, 1.165) is 31.6 Å². The molecule has 3 fully saturated rings. The smallest absolute Gasteiger partial charge is 0.417 e. The van der Waals surface area contributed by atoms with Gasteiger partial charge in [-0.05, 0) is 37.8 Å². The highest BCUT2D eigenvalue weighted by molar-refractivity contribution is 6.31. The van der Waals surface area contributed by atoms with Crippen molar-refractivity contribution >= 4 is 11.6 Å². The monoisotopic (exact) mass is 306 g/mol. The minimum absolute atomic E-state index is 0.0655. The first-order valence-electron chi connectivity index (χ1n) is 6.56. The van der Waals surface area contributed by atoms with Gasteiger partial charge in [0.1, 0.15) is 11.1 Å². The third kappa shape index (κ3) is 2.72. The van der Waals surface area contributed by atoms with Crippen molar-refractivity contribution in [2.75, 3.05) is 6.54 Å². The molecule has 1 aromatic rings. The molecule has 2 aliphatic heterocycles. The first-order valence-corrected chi connectivity index (χ1v) is 6.94. The number of rotatable bonds is 2. The number of aromatic nitrogens is 1. The fraction of sp³-hybridized carbons (Fsp3) is 0.615. The molecule has 1 saturated carbocycles. The molecule has 0 unspecified atom stereocenters. The van der Waals surface area contributed by atoms with Crippen LogP contribution in [0, 0.1) is 5.92 Å².